The largest absolute Gasteiger partial charge is 0.490 e. The molecule has 0 aliphatic rings. The van der Waals surface area contributed by atoms with Crippen molar-refractivity contribution in [2.24, 2.45) is 5.10 Å². The third-order valence-electron chi connectivity index (χ3n) is 4.02. The minimum Gasteiger partial charge on any atom is -0.490 e. The molecule has 2 aromatic carbocycles. The van der Waals surface area contributed by atoms with Gasteiger partial charge in [0.2, 0.25) is 4.77 Å². The van der Waals surface area contributed by atoms with Gasteiger partial charge in [-0.1, -0.05) is 44.2 Å². The lowest BCUT2D eigenvalue weighted by molar-refractivity contribution is 0.269. The van der Waals surface area contributed by atoms with Crippen LogP contribution in [-0.2, 0) is 6.61 Å². The Kier molecular flexibility index (Phi) is 6.60. The summed E-state index contributed by atoms with van der Waals surface area (Å²) >= 11 is 5.26. The minimum absolute atomic E-state index is 0.206. The fourth-order valence-electron chi connectivity index (χ4n) is 2.64. The van der Waals surface area contributed by atoms with Crippen LogP contribution in [0.5, 0.6) is 11.5 Å². The van der Waals surface area contributed by atoms with E-state index in [1.54, 1.807) is 10.9 Å². The normalized spacial score (nSPS) is 11.3. The number of H-pyrrole nitrogens is 1. The summed E-state index contributed by atoms with van der Waals surface area (Å²) < 4.78 is 13.8. The number of ether oxygens (including phenoxy) is 2. The van der Waals surface area contributed by atoms with Crippen molar-refractivity contribution in [2.45, 2.75) is 33.3 Å². The molecule has 0 saturated heterocycles. The molecule has 1 N–H and O–H groups in total. The van der Waals surface area contributed by atoms with Gasteiger partial charge in [-0.05, 0) is 48.5 Å². The van der Waals surface area contributed by atoms with Crippen LogP contribution in [0, 0.1) is 4.77 Å². The summed E-state index contributed by atoms with van der Waals surface area (Å²) in [6.45, 7) is 7.07. The maximum absolute atomic E-state index is 5.94. The molecule has 0 unspecified atom stereocenters. The van der Waals surface area contributed by atoms with Crippen LogP contribution < -0.4 is 9.47 Å². The molecule has 0 amide bonds. The molecule has 0 atom stereocenters. The Hall–Kier alpha value is -2.93. The summed E-state index contributed by atoms with van der Waals surface area (Å²) in [6.07, 6.45) is 1.74. The highest BCUT2D eigenvalue weighted by Gasteiger charge is 2.10. The lowest BCUT2D eigenvalue weighted by Gasteiger charge is -2.12. The van der Waals surface area contributed by atoms with Crippen molar-refractivity contribution in [1.29, 1.82) is 0 Å². The Morgan fingerprint density at radius 2 is 1.93 bits per heavy atom. The predicted octanol–water partition coefficient (Wildman–Crippen LogP) is 4.92. The number of aromatic nitrogens is 3. The van der Waals surface area contributed by atoms with Crippen LogP contribution >= 0.6 is 12.2 Å². The van der Waals surface area contributed by atoms with E-state index in [9.17, 15) is 0 Å². The maximum atomic E-state index is 5.94. The van der Waals surface area contributed by atoms with E-state index in [0.717, 1.165) is 17.0 Å². The van der Waals surface area contributed by atoms with Crippen LogP contribution in [-0.4, -0.2) is 27.7 Å². The van der Waals surface area contributed by atoms with E-state index in [-0.39, 0.29) is 5.92 Å². The third-order valence-corrected chi connectivity index (χ3v) is 4.28. The highest BCUT2D eigenvalue weighted by molar-refractivity contribution is 7.71. The van der Waals surface area contributed by atoms with Gasteiger partial charge in [0.25, 0.3) is 0 Å². The number of rotatable bonds is 8. The molecule has 1 aromatic heterocycles. The van der Waals surface area contributed by atoms with Gasteiger partial charge in [-0.15, -0.1) is 0 Å². The SMILES string of the molecule is CCOc1cc(/C=N/n2c(C(C)C)n[nH]c2=S)ccc1OCc1ccccc1. The van der Waals surface area contributed by atoms with Crippen molar-refractivity contribution in [3.63, 3.8) is 0 Å². The Morgan fingerprint density at radius 3 is 2.64 bits per heavy atom. The Labute approximate surface area is 169 Å². The molecule has 0 radical (unpaired) electrons. The number of aromatic amines is 1. The van der Waals surface area contributed by atoms with E-state index in [0.29, 0.717) is 29.5 Å². The van der Waals surface area contributed by atoms with Crippen LogP contribution in [0.25, 0.3) is 0 Å². The van der Waals surface area contributed by atoms with E-state index in [4.69, 9.17) is 21.7 Å². The molecular formula is C21H24N4O2S. The first-order valence-corrected chi connectivity index (χ1v) is 9.64. The van der Waals surface area contributed by atoms with Crippen LogP contribution in [0.2, 0.25) is 0 Å². The lowest BCUT2D eigenvalue weighted by atomic mass is 10.2. The molecule has 146 valence electrons. The van der Waals surface area contributed by atoms with Gasteiger partial charge in [0.1, 0.15) is 6.61 Å². The average molecular weight is 397 g/mol. The molecule has 0 spiro atoms. The van der Waals surface area contributed by atoms with Gasteiger partial charge in [-0.3, -0.25) is 5.10 Å². The molecule has 0 aliphatic heterocycles. The van der Waals surface area contributed by atoms with E-state index in [2.05, 4.69) is 15.3 Å². The molecule has 6 nitrogen and oxygen atoms in total. The zero-order valence-electron chi connectivity index (χ0n) is 16.3. The molecule has 0 aliphatic carbocycles. The third kappa shape index (κ3) is 4.86. The van der Waals surface area contributed by atoms with Gasteiger partial charge in [-0.2, -0.15) is 14.9 Å². The van der Waals surface area contributed by atoms with Gasteiger partial charge in [-0.25, -0.2) is 0 Å². The highest BCUT2D eigenvalue weighted by Crippen LogP contribution is 2.29. The maximum Gasteiger partial charge on any atom is 0.216 e. The molecule has 7 heteroatoms. The molecule has 3 rings (SSSR count). The zero-order chi connectivity index (χ0) is 19.9. The number of hydrogen-bond donors (Lipinski definition) is 1. The highest BCUT2D eigenvalue weighted by atomic mass is 32.1. The van der Waals surface area contributed by atoms with Crippen molar-refractivity contribution in [3.8, 4) is 11.5 Å². The second-order valence-electron chi connectivity index (χ2n) is 6.51. The summed E-state index contributed by atoms with van der Waals surface area (Å²) in [7, 11) is 0. The van der Waals surface area contributed by atoms with E-state index >= 15 is 0 Å². The standard InChI is InChI=1S/C21H24N4O2S/c1-4-26-19-12-17(13-22-25-20(15(2)3)23-24-21(25)28)10-11-18(19)27-14-16-8-6-5-7-9-16/h5-13,15H,4,14H2,1-3H3,(H,24,28)/b22-13+. The summed E-state index contributed by atoms with van der Waals surface area (Å²) in [4.78, 5) is 0. The second-order valence-corrected chi connectivity index (χ2v) is 6.90. The number of benzene rings is 2. The van der Waals surface area contributed by atoms with Gasteiger partial charge < -0.3 is 9.47 Å². The molecule has 0 fully saturated rings. The van der Waals surface area contributed by atoms with Gasteiger partial charge >= 0.3 is 0 Å². The minimum atomic E-state index is 0.206. The van der Waals surface area contributed by atoms with E-state index in [1.807, 2.05) is 69.3 Å². The summed E-state index contributed by atoms with van der Waals surface area (Å²) in [5, 5.41) is 11.5. The van der Waals surface area contributed by atoms with Crippen LogP contribution in [0.15, 0.2) is 53.6 Å². The van der Waals surface area contributed by atoms with Gasteiger partial charge in [0.15, 0.2) is 17.3 Å². The van der Waals surface area contributed by atoms with Crippen LogP contribution in [0.3, 0.4) is 0 Å². The fourth-order valence-corrected chi connectivity index (χ4v) is 2.83. The molecular weight excluding hydrogens is 372 g/mol. The van der Waals surface area contributed by atoms with Crippen molar-refractivity contribution in [2.75, 3.05) is 6.61 Å². The van der Waals surface area contributed by atoms with Crippen LogP contribution in [0.1, 0.15) is 43.6 Å². The first-order chi connectivity index (χ1) is 13.6. The van der Waals surface area contributed by atoms with Crippen molar-refractivity contribution in [3.05, 3.63) is 70.3 Å². The first kappa shape index (κ1) is 19.8. The van der Waals surface area contributed by atoms with Crippen LogP contribution in [0.4, 0.5) is 0 Å². The summed E-state index contributed by atoms with van der Waals surface area (Å²) in [6, 6.07) is 15.8. The summed E-state index contributed by atoms with van der Waals surface area (Å²) in [5.41, 5.74) is 1.99. The van der Waals surface area contributed by atoms with Crippen molar-refractivity contribution < 1.29 is 9.47 Å². The number of hydrogen-bond acceptors (Lipinski definition) is 5. The molecule has 0 bridgehead atoms. The van der Waals surface area contributed by atoms with Crippen molar-refractivity contribution >= 4 is 18.4 Å². The van der Waals surface area contributed by atoms with E-state index < -0.39 is 0 Å². The van der Waals surface area contributed by atoms with Gasteiger partial charge in [0, 0.05) is 5.92 Å². The number of nitrogens with one attached hydrogen (secondary N) is 1. The second kappa shape index (κ2) is 9.32. The molecule has 1 heterocycles. The molecule has 28 heavy (non-hydrogen) atoms. The Morgan fingerprint density at radius 1 is 1.14 bits per heavy atom. The van der Waals surface area contributed by atoms with Gasteiger partial charge in [0.05, 0.1) is 12.8 Å². The molecule has 0 saturated carbocycles. The first-order valence-electron chi connectivity index (χ1n) is 9.23. The average Bonchev–Trinajstić information content (AvgIpc) is 3.07. The van der Waals surface area contributed by atoms with Crippen molar-refractivity contribution in [1.82, 2.24) is 14.9 Å². The number of nitrogens with zero attached hydrogens (tertiary/aromatic N) is 3. The topological polar surface area (TPSA) is 64.4 Å². The summed E-state index contributed by atoms with van der Waals surface area (Å²) in [5.74, 6) is 2.37. The lowest BCUT2D eigenvalue weighted by Crippen LogP contribution is -2.02. The monoisotopic (exact) mass is 396 g/mol. The predicted molar refractivity (Wildman–Crippen MR) is 113 cm³/mol. The Bertz CT molecular complexity index is 993. The fraction of sp³-hybridized carbons (Fsp3) is 0.286. The zero-order valence-corrected chi connectivity index (χ0v) is 17.1. The quantitative estimate of drug-likeness (QED) is 0.433. The smallest absolute Gasteiger partial charge is 0.216 e. The molecule has 3 aromatic rings. The van der Waals surface area contributed by atoms with E-state index in [1.165, 1.54) is 0 Å². The Balaban J connectivity index is 1.80.